The van der Waals surface area contributed by atoms with E-state index < -0.39 is 5.97 Å². The van der Waals surface area contributed by atoms with E-state index in [1.807, 2.05) is 24.3 Å². The number of carbonyl (C=O) groups is 2. The maximum Gasteiger partial charge on any atom is 0.339 e. The highest BCUT2D eigenvalue weighted by molar-refractivity contribution is 6.34. The Morgan fingerprint density at radius 3 is 2.69 bits per heavy atom. The van der Waals surface area contributed by atoms with Gasteiger partial charge in [0.1, 0.15) is 0 Å². The molecule has 0 atom stereocenters. The summed E-state index contributed by atoms with van der Waals surface area (Å²) < 4.78 is 5.45. The van der Waals surface area contributed by atoms with Crippen molar-refractivity contribution in [1.29, 1.82) is 0 Å². The van der Waals surface area contributed by atoms with Crippen LogP contribution in [-0.4, -0.2) is 41.3 Å². The number of ketones is 1. The molecule has 5 nitrogen and oxygen atoms in total. The lowest BCUT2D eigenvalue weighted by molar-refractivity contribution is 0.0474. The number of ether oxygens (including phenoxy) is 1. The molecule has 0 bridgehead atoms. The monoisotopic (exact) mass is 408 g/mol. The topological polar surface area (TPSA) is 59.5 Å². The Labute approximate surface area is 174 Å². The fraction of sp³-hybridized carbons (Fsp3) is 0.261. The number of rotatable bonds is 5. The number of nitrogens with zero attached hydrogens (tertiary/aromatic N) is 2. The normalized spacial score (nSPS) is 13.9. The van der Waals surface area contributed by atoms with Gasteiger partial charge in [-0.25, -0.2) is 4.79 Å². The number of fused-ring (bicyclic) bond motifs is 2. The van der Waals surface area contributed by atoms with Crippen molar-refractivity contribution in [2.24, 2.45) is 0 Å². The number of Topliss-reactive ketones (excluding diaryl/α,β-unsaturated/α-hetero) is 1. The third-order valence-corrected chi connectivity index (χ3v) is 5.62. The van der Waals surface area contributed by atoms with Crippen molar-refractivity contribution in [3.63, 3.8) is 0 Å². The molecule has 0 saturated carbocycles. The molecule has 6 heteroatoms. The zero-order valence-electron chi connectivity index (χ0n) is 16.2. The van der Waals surface area contributed by atoms with Crippen LogP contribution >= 0.6 is 11.6 Å². The van der Waals surface area contributed by atoms with E-state index in [1.54, 1.807) is 24.3 Å². The van der Waals surface area contributed by atoms with Crippen molar-refractivity contribution in [2.45, 2.75) is 19.9 Å². The van der Waals surface area contributed by atoms with Gasteiger partial charge in [-0.1, -0.05) is 48.9 Å². The summed E-state index contributed by atoms with van der Waals surface area (Å²) in [5, 5.41) is 1.10. The minimum atomic E-state index is -0.502. The number of esters is 1. The lowest BCUT2D eigenvalue weighted by atomic mass is 9.96. The number of aromatic nitrogens is 1. The van der Waals surface area contributed by atoms with Crippen LogP contribution < -0.4 is 0 Å². The van der Waals surface area contributed by atoms with Crippen molar-refractivity contribution in [3.8, 4) is 0 Å². The van der Waals surface area contributed by atoms with E-state index >= 15 is 0 Å². The van der Waals surface area contributed by atoms with Gasteiger partial charge in [0, 0.05) is 41.7 Å². The molecule has 2 aromatic carbocycles. The number of benzene rings is 2. The highest BCUT2D eigenvalue weighted by Gasteiger charge is 2.26. The summed E-state index contributed by atoms with van der Waals surface area (Å²) in [6.07, 6.45) is 0.785. The highest BCUT2D eigenvalue weighted by atomic mass is 35.5. The number of hydrogen-bond donors (Lipinski definition) is 0. The summed E-state index contributed by atoms with van der Waals surface area (Å²) in [4.78, 5) is 32.6. The molecule has 0 fully saturated rings. The van der Waals surface area contributed by atoms with Crippen molar-refractivity contribution in [1.82, 2.24) is 9.88 Å². The van der Waals surface area contributed by atoms with Gasteiger partial charge in [-0.05, 0) is 24.7 Å². The van der Waals surface area contributed by atoms with E-state index in [0.717, 1.165) is 41.7 Å². The van der Waals surface area contributed by atoms with Gasteiger partial charge in [0.05, 0.1) is 16.1 Å². The first kappa shape index (κ1) is 19.6. The second kappa shape index (κ2) is 8.31. The first-order chi connectivity index (χ1) is 14.1. The van der Waals surface area contributed by atoms with Crippen LogP contribution in [0.2, 0.25) is 5.02 Å². The lowest BCUT2D eigenvalue weighted by Gasteiger charge is -2.28. The number of para-hydroxylation sites is 1. The SMILES string of the molecule is CCN1CCc2nc3ccccc3c(C(=O)OCC(=O)c3ccccc3Cl)c2C1. The van der Waals surface area contributed by atoms with E-state index in [1.165, 1.54) is 0 Å². The van der Waals surface area contributed by atoms with Gasteiger partial charge in [-0.2, -0.15) is 0 Å². The van der Waals surface area contributed by atoms with Crippen molar-refractivity contribution in [2.75, 3.05) is 19.7 Å². The Kier molecular flexibility index (Phi) is 5.60. The van der Waals surface area contributed by atoms with Gasteiger partial charge in [0.25, 0.3) is 0 Å². The predicted molar refractivity (Wildman–Crippen MR) is 112 cm³/mol. The van der Waals surface area contributed by atoms with Crippen LogP contribution in [0.1, 0.15) is 38.9 Å². The lowest BCUT2D eigenvalue weighted by Crippen LogP contribution is -2.32. The standard InChI is InChI=1S/C23H21ClN2O3/c1-2-26-12-11-20-17(13-26)22(16-8-4-6-10-19(16)25-20)23(28)29-14-21(27)15-7-3-5-9-18(15)24/h3-10H,2,11-14H2,1H3. The molecule has 1 aliphatic heterocycles. The first-order valence-electron chi connectivity index (χ1n) is 9.66. The predicted octanol–water partition coefficient (Wildman–Crippen LogP) is 4.31. The Hall–Kier alpha value is -2.76. The number of carbonyl (C=O) groups excluding carboxylic acids is 2. The second-order valence-electron chi connectivity index (χ2n) is 7.03. The molecule has 0 radical (unpaired) electrons. The van der Waals surface area contributed by atoms with E-state index in [0.29, 0.717) is 22.7 Å². The molecule has 0 spiro atoms. The van der Waals surface area contributed by atoms with Gasteiger partial charge in [-0.3, -0.25) is 14.7 Å². The molecule has 148 valence electrons. The van der Waals surface area contributed by atoms with Gasteiger partial charge in [0.2, 0.25) is 5.78 Å². The van der Waals surface area contributed by atoms with E-state index in [2.05, 4.69) is 11.8 Å². The van der Waals surface area contributed by atoms with E-state index in [4.69, 9.17) is 21.3 Å². The molecule has 0 amide bonds. The maximum atomic E-state index is 13.1. The Morgan fingerprint density at radius 2 is 1.90 bits per heavy atom. The molecule has 0 aliphatic carbocycles. The van der Waals surface area contributed by atoms with Crippen LogP contribution in [0.5, 0.6) is 0 Å². The zero-order chi connectivity index (χ0) is 20.4. The first-order valence-corrected chi connectivity index (χ1v) is 10.0. The molecule has 2 heterocycles. The largest absolute Gasteiger partial charge is 0.454 e. The van der Waals surface area contributed by atoms with Crippen LogP contribution in [0.25, 0.3) is 10.9 Å². The van der Waals surface area contributed by atoms with Crippen molar-refractivity contribution >= 4 is 34.3 Å². The molecule has 1 aliphatic rings. The zero-order valence-corrected chi connectivity index (χ0v) is 16.9. The number of pyridine rings is 1. The maximum absolute atomic E-state index is 13.1. The van der Waals surface area contributed by atoms with E-state index in [9.17, 15) is 9.59 Å². The summed E-state index contributed by atoms with van der Waals surface area (Å²) in [5.74, 6) is -0.829. The van der Waals surface area contributed by atoms with Gasteiger partial charge in [-0.15, -0.1) is 0 Å². The van der Waals surface area contributed by atoms with Crippen LogP contribution in [0.15, 0.2) is 48.5 Å². The number of likely N-dealkylation sites (N-methyl/N-ethyl adjacent to an activating group) is 1. The smallest absolute Gasteiger partial charge is 0.339 e. The highest BCUT2D eigenvalue weighted by Crippen LogP contribution is 2.29. The average molecular weight is 409 g/mol. The number of halogens is 1. The quantitative estimate of drug-likeness (QED) is 0.465. The van der Waals surface area contributed by atoms with Crippen molar-refractivity contribution < 1.29 is 14.3 Å². The minimum Gasteiger partial charge on any atom is -0.454 e. The van der Waals surface area contributed by atoms with E-state index in [-0.39, 0.29) is 12.4 Å². The fourth-order valence-corrected chi connectivity index (χ4v) is 3.96. The molecule has 1 aromatic heterocycles. The molecular weight excluding hydrogens is 388 g/mol. The fourth-order valence-electron chi connectivity index (χ4n) is 3.72. The molecule has 0 saturated heterocycles. The Bertz CT molecular complexity index is 1100. The Morgan fingerprint density at radius 1 is 1.14 bits per heavy atom. The van der Waals surface area contributed by atoms with Gasteiger partial charge >= 0.3 is 5.97 Å². The number of hydrogen-bond acceptors (Lipinski definition) is 5. The van der Waals surface area contributed by atoms with Gasteiger partial charge in [0.15, 0.2) is 6.61 Å². The summed E-state index contributed by atoms with van der Waals surface area (Å²) in [6.45, 7) is 4.19. The summed E-state index contributed by atoms with van der Waals surface area (Å²) in [6, 6.07) is 14.3. The molecule has 0 unspecified atom stereocenters. The van der Waals surface area contributed by atoms with Crippen molar-refractivity contribution in [3.05, 3.63) is 75.9 Å². The summed E-state index contributed by atoms with van der Waals surface area (Å²) in [5.41, 5.74) is 3.45. The molecule has 3 aromatic rings. The minimum absolute atomic E-state index is 0.327. The molecule has 29 heavy (non-hydrogen) atoms. The average Bonchev–Trinajstić information content (AvgIpc) is 2.75. The van der Waals surface area contributed by atoms with Crippen LogP contribution in [0.3, 0.4) is 0 Å². The molecule has 4 rings (SSSR count). The summed E-state index contributed by atoms with van der Waals surface area (Å²) in [7, 11) is 0. The van der Waals surface area contributed by atoms with Crippen LogP contribution in [0.4, 0.5) is 0 Å². The second-order valence-corrected chi connectivity index (χ2v) is 7.43. The molecule has 0 N–H and O–H groups in total. The van der Waals surface area contributed by atoms with Crippen LogP contribution in [-0.2, 0) is 17.7 Å². The summed E-state index contributed by atoms with van der Waals surface area (Å²) >= 11 is 6.08. The third kappa shape index (κ3) is 3.88. The molecular formula is C23H21ClN2O3. The van der Waals surface area contributed by atoms with Gasteiger partial charge < -0.3 is 4.74 Å². The third-order valence-electron chi connectivity index (χ3n) is 5.29. The van der Waals surface area contributed by atoms with Crippen LogP contribution in [0, 0.1) is 0 Å². The Balaban J connectivity index is 1.66.